The molecule has 0 aliphatic rings. The van der Waals surface area contributed by atoms with Crippen LogP contribution in [0.5, 0.6) is 0 Å². The van der Waals surface area contributed by atoms with Gasteiger partial charge >= 0.3 is 0 Å². The Morgan fingerprint density at radius 2 is 1.92 bits per heavy atom. The second-order valence-corrected chi connectivity index (χ2v) is 5.93. The Morgan fingerprint density at radius 3 is 2.58 bits per heavy atom. The summed E-state index contributed by atoms with van der Waals surface area (Å²) in [6.45, 7) is 0.960. The SMILES string of the molecule is CN(C)Cc1cccc(C(=O)NCc2nc(N)nc(N(C)C)n2)c1. The first kappa shape index (κ1) is 17.6. The number of amides is 1. The van der Waals surface area contributed by atoms with Crippen LogP contribution < -0.4 is 16.0 Å². The molecule has 1 amide bonds. The minimum absolute atomic E-state index is 0.130. The summed E-state index contributed by atoms with van der Waals surface area (Å²) in [5.41, 5.74) is 7.35. The number of carbonyl (C=O) groups is 1. The highest BCUT2D eigenvalue weighted by Gasteiger charge is 2.10. The molecule has 0 unspecified atom stereocenters. The lowest BCUT2D eigenvalue weighted by molar-refractivity contribution is 0.0949. The maximum Gasteiger partial charge on any atom is 0.251 e. The molecule has 1 aromatic heterocycles. The van der Waals surface area contributed by atoms with Gasteiger partial charge < -0.3 is 20.9 Å². The van der Waals surface area contributed by atoms with Gasteiger partial charge in [-0.05, 0) is 31.8 Å². The summed E-state index contributed by atoms with van der Waals surface area (Å²) in [7, 11) is 7.60. The molecule has 8 nitrogen and oxygen atoms in total. The Kier molecular flexibility index (Phi) is 5.64. The van der Waals surface area contributed by atoms with E-state index in [9.17, 15) is 4.79 Å². The minimum atomic E-state index is -0.180. The molecule has 8 heteroatoms. The van der Waals surface area contributed by atoms with Crippen molar-refractivity contribution in [2.45, 2.75) is 13.1 Å². The number of anilines is 2. The molecule has 3 N–H and O–H groups in total. The minimum Gasteiger partial charge on any atom is -0.368 e. The van der Waals surface area contributed by atoms with E-state index in [1.54, 1.807) is 11.0 Å². The molecule has 0 spiro atoms. The largest absolute Gasteiger partial charge is 0.368 e. The van der Waals surface area contributed by atoms with Crippen LogP contribution in [0.2, 0.25) is 0 Å². The van der Waals surface area contributed by atoms with Crippen LogP contribution in [0, 0.1) is 0 Å². The van der Waals surface area contributed by atoms with E-state index in [0.717, 1.165) is 12.1 Å². The van der Waals surface area contributed by atoms with E-state index in [1.165, 1.54) is 0 Å². The Balaban J connectivity index is 2.05. The lowest BCUT2D eigenvalue weighted by atomic mass is 10.1. The molecule has 0 atom stereocenters. The highest BCUT2D eigenvalue weighted by atomic mass is 16.1. The number of nitrogens with zero attached hydrogens (tertiary/aromatic N) is 5. The van der Waals surface area contributed by atoms with Gasteiger partial charge in [-0.25, -0.2) is 0 Å². The molecular weight excluding hydrogens is 306 g/mol. The van der Waals surface area contributed by atoms with Gasteiger partial charge in [0.05, 0.1) is 6.54 Å². The van der Waals surface area contributed by atoms with Crippen molar-refractivity contribution in [1.82, 2.24) is 25.2 Å². The van der Waals surface area contributed by atoms with Crippen molar-refractivity contribution in [3.05, 3.63) is 41.2 Å². The molecule has 128 valence electrons. The smallest absolute Gasteiger partial charge is 0.251 e. The number of nitrogen functional groups attached to an aromatic ring is 1. The van der Waals surface area contributed by atoms with E-state index in [2.05, 4.69) is 20.3 Å². The lowest BCUT2D eigenvalue weighted by Gasteiger charge is -2.12. The normalized spacial score (nSPS) is 10.7. The van der Waals surface area contributed by atoms with Crippen LogP contribution in [0.25, 0.3) is 0 Å². The van der Waals surface area contributed by atoms with E-state index in [4.69, 9.17) is 5.73 Å². The van der Waals surface area contributed by atoms with Crippen LogP contribution in [-0.2, 0) is 13.1 Å². The second kappa shape index (κ2) is 7.69. The fraction of sp³-hybridized carbons (Fsp3) is 0.375. The summed E-state index contributed by atoms with van der Waals surface area (Å²) in [6.07, 6.45) is 0. The molecule has 0 radical (unpaired) electrons. The van der Waals surface area contributed by atoms with Gasteiger partial charge in [0, 0.05) is 26.2 Å². The first-order valence-corrected chi connectivity index (χ1v) is 7.55. The summed E-state index contributed by atoms with van der Waals surface area (Å²) in [6, 6.07) is 7.52. The third-order valence-corrected chi connectivity index (χ3v) is 3.18. The van der Waals surface area contributed by atoms with Gasteiger partial charge in [0.2, 0.25) is 11.9 Å². The number of nitrogens with two attached hydrogens (primary N) is 1. The van der Waals surface area contributed by atoms with Gasteiger partial charge in [-0.3, -0.25) is 4.79 Å². The van der Waals surface area contributed by atoms with Gasteiger partial charge in [-0.15, -0.1) is 0 Å². The average molecular weight is 329 g/mol. The molecule has 0 aliphatic carbocycles. The van der Waals surface area contributed by atoms with Crippen molar-refractivity contribution in [3.63, 3.8) is 0 Å². The summed E-state index contributed by atoms with van der Waals surface area (Å²) >= 11 is 0. The Labute approximate surface area is 141 Å². The van der Waals surface area contributed by atoms with Gasteiger partial charge in [-0.2, -0.15) is 15.0 Å². The van der Waals surface area contributed by atoms with Crippen molar-refractivity contribution >= 4 is 17.8 Å². The standard InChI is InChI=1S/C16H23N7O/c1-22(2)10-11-6-5-7-12(8-11)14(24)18-9-13-19-15(17)21-16(20-13)23(3)4/h5-8H,9-10H2,1-4H3,(H,18,24)(H2,17,19,20,21). The summed E-state index contributed by atoms with van der Waals surface area (Å²) < 4.78 is 0. The predicted molar refractivity (Wildman–Crippen MR) is 93.6 cm³/mol. The zero-order valence-electron chi connectivity index (χ0n) is 14.4. The van der Waals surface area contributed by atoms with Crippen LogP contribution in [0.3, 0.4) is 0 Å². The van der Waals surface area contributed by atoms with Crippen LogP contribution in [0.1, 0.15) is 21.7 Å². The van der Waals surface area contributed by atoms with Crippen LogP contribution in [0.15, 0.2) is 24.3 Å². The molecule has 0 aliphatic heterocycles. The Hall–Kier alpha value is -2.74. The quantitative estimate of drug-likeness (QED) is 0.796. The molecular formula is C16H23N7O. The number of benzene rings is 1. The molecule has 1 aromatic carbocycles. The molecule has 0 bridgehead atoms. The van der Waals surface area contributed by atoms with Crippen molar-refractivity contribution in [1.29, 1.82) is 0 Å². The third kappa shape index (κ3) is 4.88. The topological polar surface area (TPSA) is 100 Å². The van der Waals surface area contributed by atoms with Crippen LogP contribution >= 0.6 is 0 Å². The number of nitrogens with one attached hydrogen (secondary N) is 1. The maximum atomic E-state index is 12.3. The summed E-state index contributed by atoms with van der Waals surface area (Å²) in [5, 5.41) is 2.81. The number of hydrogen-bond acceptors (Lipinski definition) is 7. The number of carbonyl (C=O) groups excluding carboxylic acids is 1. The average Bonchev–Trinajstić information content (AvgIpc) is 2.51. The van der Waals surface area contributed by atoms with Gasteiger partial charge in [0.1, 0.15) is 0 Å². The van der Waals surface area contributed by atoms with E-state index in [0.29, 0.717) is 17.3 Å². The second-order valence-electron chi connectivity index (χ2n) is 5.93. The van der Waals surface area contributed by atoms with Crippen molar-refractivity contribution in [2.24, 2.45) is 0 Å². The summed E-state index contributed by atoms with van der Waals surface area (Å²) in [5.74, 6) is 0.829. The first-order valence-electron chi connectivity index (χ1n) is 7.55. The fourth-order valence-corrected chi connectivity index (χ4v) is 2.14. The zero-order chi connectivity index (χ0) is 17.7. The molecule has 0 saturated carbocycles. The van der Waals surface area contributed by atoms with Crippen molar-refractivity contribution in [3.8, 4) is 0 Å². The molecule has 0 saturated heterocycles. The van der Waals surface area contributed by atoms with E-state index in [1.807, 2.05) is 51.3 Å². The van der Waals surface area contributed by atoms with E-state index >= 15 is 0 Å². The highest BCUT2D eigenvalue weighted by Crippen LogP contribution is 2.08. The molecule has 2 aromatic rings. The third-order valence-electron chi connectivity index (χ3n) is 3.18. The molecule has 2 rings (SSSR count). The lowest BCUT2D eigenvalue weighted by Crippen LogP contribution is -2.25. The Bertz CT molecular complexity index is 715. The van der Waals surface area contributed by atoms with E-state index < -0.39 is 0 Å². The molecule has 1 heterocycles. The van der Waals surface area contributed by atoms with Crippen molar-refractivity contribution < 1.29 is 4.79 Å². The predicted octanol–water partition coefficient (Wildman–Crippen LogP) is 0.511. The van der Waals surface area contributed by atoms with E-state index in [-0.39, 0.29) is 18.4 Å². The van der Waals surface area contributed by atoms with Gasteiger partial charge in [0.25, 0.3) is 5.91 Å². The van der Waals surface area contributed by atoms with Crippen molar-refractivity contribution in [2.75, 3.05) is 38.8 Å². The molecule has 24 heavy (non-hydrogen) atoms. The van der Waals surface area contributed by atoms with Crippen LogP contribution in [0.4, 0.5) is 11.9 Å². The molecule has 0 fully saturated rings. The number of rotatable bonds is 6. The maximum absolute atomic E-state index is 12.3. The van der Waals surface area contributed by atoms with Gasteiger partial charge in [-0.1, -0.05) is 12.1 Å². The monoisotopic (exact) mass is 329 g/mol. The first-order chi connectivity index (χ1) is 11.3. The summed E-state index contributed by atoms with van der Waals surface area (Å²) in [4.78, 5) is 28.4. The number of aromatic nitrogens is 3. The zero-order valence-corrected chi connectivity index (χ0v) is 14.4. The fourth-order valence-electron chi connectivity index (χ4n) is 2.14. The Morgan fingerprint density at radius 1 is 1.17 bits per heavy atom. The van der Waals surface area contributed by atoms with Crippen LogP contribution in [-0.4, -0.2) is 53.9 Å². The highest BCUT2D eigenvalue weighted by molar-refractivity contribution is 5.94. The van der Waals surface area contributed by atoms with Gasteiger partial charge in [0.15, 0.2) is 5.82 Å². The number of hydrogen-bond donors (Lipinski definition) is 2.